The molecule has 5 rings (SSSR count). The van der Waals surface area contributed by atoms with Crippen LogP contribution in [-0.2, 0) is 0 Å². The zero-order valence-electron chi connectivity index (χ0n) is 16.1. The summed E-state index contributed by atoms with van der Waals surface area (Å²) in [6, 6.07) is 23.3. The Balaban J connectivity index is 1.42. The summed E-state index contributed by atoms with van der Waals surface area (Å²) >= 11 is 1.22. The maximum absolute atomic E-state index is 13.1. The van der Waals surface area contributed by atoms with E-state index in [1.165, 1.54) is 11.8 Å². The predicted molar refractivity (Wildman–Crippen MR) is 117 cm³/mol. The molecule has 6 nitrogen and oxygen atoms in total. The highest BCUT2D eigenvalue weighted by Gasteiger charge is 2.18. The van der Waals surface area contributed by atoms with Gasteiger partial charge in [0.25, 0.3) is 11.1 Å². The van der Waals surface area contributed by atoms with E-state index >= 15 is 0 Å². The van der Waals surface area contributed by atoms with Crippen molar-refractivity contribution in [1.82, 2.24) is 14.8 Å². The number of carbonyl (C=O) groups is 1. The van der Waals surface area contributed by atoms with Gasteiger partial charge in [0.15, 0.2) is 0 Å². The number of fused-ring (bicyclic) bond motifs is 3. The third kappa shape index (κ3) is 3.13. The standard InChI is InChI=1S/C23H17N3O3S/c1-28-20-13-7-4-10-17(20)22-24-25-23(29-22)30-14-21(27)26-18-11-5-2-8-15(18)16-9-3-6-12-19(16)26/h2-13H,14H2,1H3. The first kappa shape index (κ1) is 18.4. The smallest absolute Gasteiger partial charge is 0.277 e. The van der Waals surface area contributed by atoms with E-state index in [2.05, 4.69) is 10.2 Å². The number of hydrogen-bond acceptors (Lipinski definition) is 6. The first-order valence-electron chi connectivity index (χ1n) is 9.37. The van der Waals surface area contributed by atoms with Gasteiger partial charge in [-0.15, -0.1) is 10.2 Å². The average Bonchev–Trinajstić information content (AvgIpc) is 3.40. The number of aromatic nitrogens is 3. The molecule has 5 aromatic rings. The third-order valence-corrected chi connectivity index (χ3v) is 5.70. The maximum Gasteiger partial charge on any atom is 0.277 e. The van der Waals surface area contributed by atoms with Crippen molar-refractivity contribution >= 4 is 39.5 Å². The SMILES string of the molecule is COc1ccccc1-c1nnc(SCC(=O)n2c3ccccc3c3ccccc32)o1. The topological polar surface area (TPSA) is 70.2 Å². The van der Waals surface area contributed by atoms with Gasteiger partial charge in [0.1, 0.15) is 5.75 Å². The number of hydrogen-bond donors (Lipinski definition) is 0. The minimum absolute atomic E-state index is 0.0468. The van der Waals surface area contributed by atoms with E-state index in [-0.39, 0.29) is 11.7 Å². The minimum Gasteiger partial charge on any atom is -0.496 e. The van der Waals surface area contributed by atoms with Crippen molar-refractivity contribution < 1.29 is 13.9 Å². The summed E-state index contributed by atoms with van der Waals surface area (Å²) in [6.45, 7) is 0. The first-order valence-corrected chi connectivity index (χ1v) is 10.4. The van der Waals surface area contributed by atoms with Crippen molar-refractivity contribution in [2.24, 2.45) is 0 Å². The largest absolute Gasteiger partial charge is 0.496 e. The molecule has 0 atom stereocenters. The molecule has 0 spiro atoms. The van der Waals surface area contributed by atoms with Crippen LogP contribution in [0.1, 0.15) is 4.79 Å². The summed E-state index contributed by atoms with van der Waals surface area (Å²) in [6.07, 6.45) is 0. The molecule has 0 radical (unpaired) electrons. The lowest BCUT2D eigenvalue weighted by Gasteiger charge is -2.05. The van der Waals surface area contributed by atoms with Crippen LogP contribution in [0.25, 0.3) is 33.3 Å². The van der Waals surface area contributed by atoms with Crippen LogP contribution < -0.4 is 4.74 Å². The van der Waals surface area contributed by atoms with Gasteiger partial charge in [0.2, 0.25) is 5.91 Å². The lowest BCUT2D eigenvalue weighted by molar-refractivity contribution is 0.0951. The molecule has 2 aromatic heterocycles. The van der Waals surface area contributed by atoms with Gasteiger partial charge >= 0.3 is 0 Å². The van der Waals surface area contributed by atoms with E-state index in [0.717, 1.165) is 21.8 Å². The molecule has 0 unspecified atom stereocenters. The van der Waals surface area contributed by atoms with Crippen molar-refractivity contribution in [2.75, 3.05) is 12.9 Å². The van der Waals surface area contributed by atoms with Crippen LogP contribution in [0, 0.1) is 0 Å². The highest BCUT2D eigenvalue weighted by atomic mass is 32.2. The molecule has 3 aromatic carbocycles. The minimum atomic E-state index is -0.0468. The summed E-state index contributed by atoms with van der Waals surface area (Å²) < 4.78 is 12.9. The second kappa shape index (κ2) is 7.68. The van der Waals surface area contributed by atoms with Crippen LogP contribution in [0.4, 0.5) is 0 Å². The van der Waals surface area contributed by atoms with Gasteiger partial charge in [-0.1, -0.05) is 60.3 Å². The van der Waals surface area contributed by atoms with E-state index in [1.807, 2.05) is 72.8 Å². The fourth-order valence-electron chi connectivity index (χ4n) is 3.58. The van der Waals surface area contributed by atoms with Crippen LogP contribution in [0.2, 0.25) is 0 Å². The fourth-order valence-corrected chi connectivity index (χ4v) is 4.19. The van der Waals surface area contributed by atoms with Crippen molar-refractivity contribution in [2.45, 2.75) is 5.22 Å². The summed E-state index contributed by atoms with van der Waals surface area (Å²) in [5, 5.41) is 10.6. The molecule has 0 saturated heterocycles. The van der Waals surface area contributed by atoms with E-state index in [0.29, 0.717) is 22.4 Å². The van der Waals surface area contributed by atoms with E-state index < -0.39 is 0 Å². The Morgan fingerprint density at radius 1 is 0.933 bits per heavy atom. The van der Waals surface area contributed by atoms with Crippen molar-refractivity contribution in [3.8, 4) is 17.2 Å². The van der Waals surface area contributed by atoms with E-state index in [1.54, 1.807) is 11.7 Å². The molecule has 148 valence electrons. The third-order valence-electron chi connectivity index (χ3n) is 4.89. The number of rotatable bonds is 5. The highest BCUT2D eigenvalue weighted by Crippen LogP contribution is 2.32. The summed E-state index contributed by atoms with van der Waals surface area (Å²) in [7, 11) is 1.59. The zero-order valence-corrected chi connectivity index (χ0v) is 16.9. The Kier molecular flexibility index (Phi) is 4.72. The zero-order chi connectivity index (χ0) is 20.5. The number of thioether (sulfide) groups is 1. The van der Waals surface area contributed by atoms with Crippen LogP contribution >= 0.6 is 11.8 Å². The number of benzene rings is 3. The molecular weight excluding hydrogens is 398 g/mol. The molecule has 0 aliphatic carbocycles. The molecule has 0 N–H and O–H groups in total. The Morgan fingerprint density at radius 3 is 2.27 bits per heavy atom. The van der Waals surface area contributed by atoms with Crippen LogP contribution in [0.3, 0.4) is 0 Å². The second-order valence-corrected chi connectivity index (χ2v) is 7.55. The molecule has 0 amide bonds. The van der Waals surface area contributed by atoms with Crippen LogP contribution in [0.5, 0.6) is 5.75 Å². The Morgan fingerprint density at radius 2 is 1.57 bits per heavy atom. The normalized spacial score (nSPS) is 11.2. The first-order chi connectivity index (χ1) is 14.8. The maximum atomic E-state index is 13.1. The molecule has 0 saturated carbocycles. The van der Waals surface area contributed by atoms with Gasteiger partial charge in [-0.2, -0.15) is 0 Å². The van der Waals surface area contributed by atoms with Crippen molar-refractivity contribution in [1.29, 1.82) is 0 Å². The number of carbonyl (C=O) groups excluding carboxylic acids is 1. The molecule has 7 heteroatoms. The molecule has 0 fully saturated rings. The second-order valence-electron chi connectivity index (χ2n) is 6.63. The Bertz CT molecular complexity index is 1320. The van der Waals surface area contributed by atoms with Crippen molar-refractivity contribution in [3.63, 3.8) is 0 Å². The van der Waals surface area contributed by atoms with Gasteiger partial charge in [-0.25, -0.2) is 0 Å². The molecule has 2 heterocycles. The summed E-state index contributed by atoms with van der Waals surface area (Å²) in [4.78, 5) is 13.1. The van der Waals surface area contributed by atoms with Crippen LogP contribution in [0.15, 0.2) is 82.4 Å². The Labute approximate surface area is 176 Å². The van der Waals surface area contributed by atoms with Crippen LogP contribution in [-0.4, -0.2) is 33.5 Å². The predicted octanol–water partition coefficient (Wildman–Crippen LogP) is 5.29. The monoisotopic (exact) mass is 415 g/mol. The summed E-state index contributed by atoms with van der Waals surface area (Å²) in [5.41, 5.74) is 2.50. The summed E-state index contributed by atoms with van der Waals surface area (Å²) in [5.74, 6) is 1.14. The van der Waals surface area contributed by atoms with E-state index in [9.17, 15) is 4.79 Å². The number of nitrogens with zero attached hydrogens (tertiary/aromatic N) is 3. The quantitative estimate of drug-likeness (QED) is 0.364. The average molecular weight is 415 g/mol. The Hall–Kier alpha value is -3.58. The number of methoxy groups -OCH3 is 1. The lowest BCUT2D eigenvalue weighted by Crippen LogP contribution is -2.12. The van der Waals surface area contributed by atoms with Gasteiger partial charge in [-0.3, -0.25) is 9.36 Å². The molecular formula is C23H17N3O3S. The van der Waals surface area contributed by atoms with Gasteiger partial charge in [0, 0.05) is 10.8 Å². The van der Waals surface area contributed by atoms with Gasteiger partial charge in [-0.05, 0) is 24.3 Å². The molecule has 0 aliphatic rings. The number of para-hydroxylation sites is 3. The van der Waals surface area contributed by atoms with Gasteiger partial charge in [0.05, 0.1) is 29.5 Å². The highest BCUT2D eigenvalue weighted by molar-refractivity contribution is 7.99. The van der Waals surface area contributed by atoms with E-state index in [4.69, 9.17) is 9.15 Å². The number of ether oxygens (including phenoxy) is 1. The molecule has 0 aliphatic heterocycles. The van der Waals surface area contributed by atoms with Gasteiger partial charge < -0.3 is 9.15 Å². The van der Waals surface area contributed by atoms with Crippen molar-refractivity contribution in [3.05, 3.63) is 72.8 Å². The lowest BCUT2D eigenvalue weighted by atomic mass is 10.2. The fraction of sp³-hybridized carbons (Fsp3) is 0.0870. The molecule has 30 heavy (non-hydrogen) atoms. The molecule has 0 bridgehead atoms.